The zero-order chi connectivity index (χ0) is 11.5. The van der Waals surface area contributed by atoms with Crippen LogP contribution in [0.25, 0.3) is 0 Å². The highest BCUT2D eigenvalue weighted by Gasteiger charge is 2.24. The maximum Gasteiger partial charge on any atom is 0.202 e. The van der Waals surface area contributed by atoms with E-state index < -0.39 is 0 Å². The zero-order valence-electron chi connectivity index (χ0n) is 10.1. The molecule has 2 atom stereocenters. The van der Waals surface area contributed by atoms with E-state index in [4.69, 9.17) is 12.2 Å². The van der Waals surface area contributed by atoms with Crippen molar-refractivity contribution < 1.29 is 4.90 Å². The van der Waals surface area contributed by atoms with Crippen LogP contribution in [0.1, 0.15) is 32.6 Å². The summed E-state index contributed by atoms with van der Waals surface area (Å²) in [7, 11) is 1.95. The van der Waals surface area contributed by atoms with Crippen molar-refractivity contribution in [1.29, 1.82) is 0 Å². The van der Waals surface area contributed by atoms with E-state index in [-0.39, 0.29) is 0 Å². The second-order valence-electron chi connectivity index (χ2n) is 4.69. The van der Waals surface area contributed by atoms with Crippen molar-refractivity contribution in [2.75, 3.05) is 6.54 Å². The number of hydrogen-bond donors (Lipinski definition) is 1. The van der Waals surface area contributed by atoms with Gasteiger partial charge in [0.05, 0.1) is 12.6 Å². The zero-order valence-corrected chi connectivity index (χ0v) is 11.0. The summed E-state index contributed by atoms with van der Waals surface area (Å²) in [5.41, 5.74) is 0. The summed E-state index contributed by atoms with van der Waals surface area (Å²) >= 11 is 5.32. The lowest BCUT2D eigenvalue weighted by molar-refractivity contribution is -0.953. The summed E-state index contributed by atoms with van der Waals surface area (Å²) < 4.78 is 4.69. The molecule has 1 aromatic rings. The molecule has 0 amide bonds. The van der Waals surface area contributed by atoms with Gasteiger partial charge in [0.2, 0.25) is 4.77 Å². The fourth-order valence-corrected chi connectivity index (χ4v) is 2.73. The van der Waals surface area contributed by atoms with E-state index in [9.17, 15) is 0 Å². The molecule has 90 valence electrons. The van der Waals surface area contributed by atoms with Gasteiger partial charge in [-0.3, -0.25) is 0 Å². The summed E-state index contributed by atoms with van der Waals surface area (Å²) in [6, 6.07) is 0.789. The summed E-state index contributed by atoms with van der Waals surface area (Å²) in [6.45, 7) is 4.47. The number of rotatable bonds is 3. The van der Waals surface area contributed by atoms with Crippen LogP contribution >= 0.6 is 12.2 Å². The summed E-state index contributed by atoms with van der Waals surface area (Å²) in [5.74, 6) is 0. The van der Waals surface area contributed by atoms with Gasteiger partial charge in [-0.15, -0.1) is 0 Å². The Morgan fingerprint density at radius 2 is 2.38 bits per heavy atom. The molecule has 2 rings (SSSR count). The normalized spacial score (nSPS) is 25.9. The van der Waals surface area contributed by atoms with Crippen LogP contribution in [0.2, 0.25) is 0 Å². The average molecular weight is 241 g/mol. The molecular formula is C11H21N4S+. The molecule has 16 heavy (non-hydrogen) atoms. The lowest BCUT2D eigenvalue weighted by Crippen LogP contribution is -3.15. The van der Waals surface area contributed by atoms with Gasteiger partial charge in [0.1, 0.15) is 6.33 Å². The maximum atomic E-state index is 5.32. The quantitative estimate of drug-likeness (QED) is 0.791. The van der Waals surface area contributed by atoms with Gasteiger partial charge in [-0.25, -0.2) is 0 Å². The molecule has 2 heterocycles. The van der Waals surface area contributed by atoms with E-state index in [1.165, 1.54) is 32.2 Å². The third kappa shape index (κ3) is 2.35. The van der Waals surface area contributed by atoms with Crippen molar-refractivity contribution in [2.45, 2.75) is 45.3 Å². The first-order chi connectivity index (χ1) is 7.72. The standard InChI is InChI=1S/C11H20N4S/c1-3-10-6-4-5-7-14(10)9-15-11(16)13(2)8-12-15/h8,10H,3-7,9H2,1-2H3/p+1/t10-/m0/s1. The van der Waals surface area contributed by atoms with Crippen molar-refractivity contribution >= 4 is 12.2 Å². The Bertz CT molecular complexity index is 395. The molecule has 0 aliphatic carbocycles. The van der Waals surface area contributed by atoms with E-state index in [2.05, 4.69) is 12.0 Å². The first-order valence-corrected chi connectivity index (χ1v) is 6.56. The predicted molar refractivity (Wildman–Crippen MR) is 65.8 cm³/mol. The Balaban J connectivity index is 2.08. The van der Waals surface area contributed by atoms with E-state index in [1.54, 1.807) is 11.2 Å². The molecule has 4 nitrogen and oxygen atoms in total. The highest BCUT2D eigenvalue weighted by atomic mass is 32.1. The van der Waals surface area contributed by atoms with Crippen LogP contribution in [-0.4, -0.2) is 26.9 Å². The number of quaternary nitrogens is 1. The van der Waals surface area contributed by atoms with Crippen molar-refractivity contribution in [3.05, 3.63) is 11.1 Å². The SMILES string of the molecule is CC[C@H]1CCCC[NH+]1Cn1ncn(C)c1=S. The minimum absolute atomic E-state index is 0.789. The smallest absolute Gasteiger partial charge is 0.202 e. The summed E-state index contributed by atoms with van der Waals surface area (Å²) in [4.78, 5) is 1.64. The van der Waals surface area contributed by atoms with Crippen molar-refractivity contribution in [3.63, 3.8) is 0 Å². The Morgan fingerprint density at radius 3 is 3.00 bits per heavy atom. The van der Waals surface area contributed by atoms with Crippen LogP contribution in [0.3, 0.4) is 0 Å². The minimum atomic E-state index is 0.789. The molecule has 1 N–H and O–H groups in total. The molecule has 0 aromatic carbocycles. The molecule has 0 spiro atoms. The third-order valence-corrected chi connectivity index (χ3v) is 4.11. The topological polar surface area (TPSA) is 27.2 Å². The Labute approximate surface area is 102 Å². The summed E-state index contributed by atoms with van der Waals surface area (Å²) in [5, 5.41) is 4.33. The van der Waals surface area contributed by atoms with Crippen LogP contribution in [0, 0.1) is 4.77 Å². The molecule has 5 heteroatoms. The number of hydrogen-bond acceptors (Lipinski definition) is 2. The van der Waals surface area contributed by atoms with E-state index >= 15 is 0 Å². The van der Waals surface area contributed by atoms with Crippen molar-refractivity contribution in [2.24, 2.45) is 7.05 Å². The highest BCUT2D eigenvalue weighted by molar-refractivity contribution is 7.71. The number of piperidine rings is 1. The maximum absolute atomic E-state index is 5.32. The molecule has 0 radical (unpaired) electrons. The Kier molecular flexibility index (Phi) is 3.76. The largest absolute Gasteiger partial charge is 0.314 e. The second kappa shape index (κ2) is 5.10. The van der Waals surface area contributed by atoms with E-state index in [0.717, 1.165) is 17.5 Å². The number of likely N-dealkylation sites (tertiary alicyclic amines) is 1. The fourth-order valence-electron chi connectivity index (χ4n) is 2.57. The van der Waals surface area contributed by atoms with Crippen LogP contribution in [0.5, 0.6) is 0 Å². The van der Waals surface area contributed by atoms with Gasteiger partial charge >= 0.3 is 0 Å². The van der Waals surface area contributed by atoms with Crippen LogP contribution in [-0.2, 0) is 13.7 Å². The van der Waals surface area contributed by atoms with Crippen LogP contribution in [0.15, 0.2) is 6.33 Å². The lowest BCUT2D eigenvalue weighted by Gasteiger charge is -2.31. The Hall–Kier alpha value is -0.680. The molecule has 1 unspecified atom stereocenters. The van der Waals surface area contributed by atoms with E-state index in [1.807, 2.05) is 16.3 Å². The number of aryl methyl sites for hydroxylation is 1. The van der Waals surface area contributed by atoms with Crippen LogP contribution < -0.4 is 4.90 Å². The van der Waals surface area contributed by atoms with Gasteiger partial charge in [0, 0.05) is 7.05 Å². The minimum Gasteiger partial charge on any atom is -0.314 e. The third-order valence-electron chi connectivity index (χ3n) is 3.61. The monoisotopic (exact) mass is 241 g/mol. The molecule has 1 aliphatic heterocycles. The first kappa shape index (κ1) is 11.8. The van der Waals surface area contributed by atoms with Crippen LogP contribution in [0.4, 0.5) is 0 Å². The molecule has 1 aromatic heterocycles. The molecule has 1 fully saturated rings. The predicted octanol–water partition coefficient (Wildman–Crippen LogP) is 0.756. The molecule has 1 saturated heterocycles. The Morgan fingerprint density at radius 1 is 1.56 bits per heavy atom. The number of nitrogens with one attached hydrogen (secondary N) is 1. The number of aromatic nitrogens is 3. The fraction of sp³-hybridized carbons (Fsp3) is 0.818. The van der Waals surface area contributed by atoms with Crippen molar-refractivity contribution in [3.8, 4) is 0 Å². The van der Waals surface area contributed by atoms with Crippen molar-refractivity contribution in [1.82, 2.24) is 14.3 Å². The average Bonchev–Trinajstić information content (AvgIpc) is 2.62. The van der Waals surface area contributed by atoms with Gasteiger partial charge in [-0.2, -0.15) is 9.78 Å². The molecular weight excluding hydrogens is 220 g/mol. The van der Waals surface area contributed by atoms with Gasteiger partial charge in [0.25, 0.3) is 0 Å². The number of nitrogens with zero attached hydrogens (tertiary/aromatic N) is 3. The van der Waals surface area contributed by atoms with E-state index in [0.29, 0.717) is 0 Å². The lowest BCUT2D eigenvalue weighted by atomic mass is 10.0. The highest BCUT2D eigenvalue weighted by Crippen LogP contribution is 2.05. The molecule has 1 aliphatic rings. The van der Waals surface area contributed by atoms with Gasteiger partial charge in [0.15, 0.2) is 6.67 Å². The second-order valence-corrected chi connectivity index (χ2v) is 5.06. The molecule has 0 saturated carbocycles. The first-order valence-electron chi connectivity index (χ1n) is 6.15. The summed E-state index contributed by atoms with van der Waals surface area (Å²) in [6.07, 6.45) is 7.13. The van der Waals surface area contributed by atoms with Gasteiger partial charge in [-0.1, -0.05) is 6.92 Å². The van der Waals surface area contributed by atoms with Gasteiger partial charge < -0.3 is 9.47 Å². The molecule has 0 bridgehead atoms. The van der Waals surface area contributed by atoms with Gasteiger partial charge in [-0.05, 0) is 37.9 Å².